The van der Waals surface area contributed by atoms with Crippen molar-refractivity contribution in [2.24, 2.45) is 5.92 Å². The van der Waals surface area contributed by atoms with Crippen LogP contribution in [0.25, 0.3) is 27.8 Å². The predicted octanol–water partition coefficient (Wildman–Crippen LogP) is 6.10. The maximum Gasteiger partial charge on any atom is 0.336 e. The van der Waals surface area contributed by atoms with Gasteiger partial charge in [0, 0.05) is 16.8 Å². The zero-order valence-electron chi connectivity index (χ0n) is 21.0. The van der Waals surface area contributed by atoms with E-state index in [9.17, 15) is 4.79 Å². The molecule has 1 amide bonds. The fourth-order valence-corrected chi connectivity index (χ4v) is 4.22. The Bertz CT molecular complexity index is 1630. The molecule has 38 heavy (non-hydrogen) atoms. The molecule has 0 atom stereocenters. The Balaban J connectivity index is 1.27. The molecule has 0 spiro atoms. The van der Waals surface area contributed by atoms with Crippen molar-refractivity contribution in [2.45, 2.75) is 13.8 Å². The van der Waals surface area contributed by atoms with Crippen LogP contribution in [0.15, 0.2) is 84.9 Å². The van der Waals surface area contributed by atoms with Crippen molar-refractivity contribution < 1.29 is 19.0 Å². The number of hydrogen-bond donors (Lipinski definition) is 1. The second-order valence-corrected chi connectivity index (χ2v) is 9.47. The van der Waals surface area contributed by atoms with Crippen molar-refractivity contribution in [1.82, 2.24) is 14.8 Å². The SMILES string of the molecule is CC(C)COc1nc(-c2ccc3c(c2)OCO3)n(-c2ccc(NC(=O)c3ccc4ccccc4c3)cc2)n1. The lowest BCUT2D eigenvalue weighted by molar-refractivity contribution is 0.102. The number of fused-ring (bicyclic) bond motifs is 2. The van der Waals surface area contributed by atoms with Gasteiger partial charge in [0.25, 0.3) is 5.91 Å². The highest BCUT2D eigenvalue weighted by atomic mass is 16.7. The number of amides is 1. The molecule has 190 valence electrons. The number of benzene rings is 4. The monoisotopic (exact) mass is 506 g/mol. The second-order valence-electron chi connectivity index (χ2n) is 9.47. The molecule has 0 fully saturated rings. The summed E-state index contributed by atoms with van der Waals surface area (Å²) < 4.78 is 18.6. The number of aromatic nitrogens is 3. The van der Waals surface area contributed by atoms with Gasteiger partial charge >= 0.3 is 6.01 Å². The summed E-state index contributed by atoms with van der Waals surface area (Å²) in [6.45, 7) is 4.84. The first-order chi connectivity index (χ1) is 18.5. The number of ether oxygens (including phenoxy) is 3. The normalized spacial score (nSPS) is 12.2. The summed E-state index contributed by atoms with van der Waals surface area (Å²) >= 11 is 0. The highest BCUT2D eigenvalue weighted by Crippen LogP contribution is 2.36. The van der Waals surface area contributed by atoms with Crippen LogP contribution in [0, 0.1) is 5.92 Å². The minimum absolute atomic E-state index is 0.172. The van der Waals surface area contributed by atoms with Gasteiger partial charge in [-0.05, 0) is 71.3 Å². The quantitative estimate of drug-likeness (QED) is 0.287. The molecule has 0 radical (unpaired) electrons. The Morgan fingerprint density at radius 1 is 0.947 bits per heavy atom. The number of anilines is 1. The van der Waals surface area contributed by atoms with Crippen LogP contribution in [-0.2, 0) is 0 Å². The van der Waals surface area contributed by atoms with Crippen LogP contribution in [0.3, 0.4) is 0 Å². The summed E-state index contributed by atoms with van der Waals surface area (Å²) in [5.74, 6) is 2.13. The molecule has 0 bridgehead atoms. The standard InChI is InChI=1S/C30H26N4O4/c1-19(2)17-36-30-32-28(22-9-14-26-27(16-22)38-18-37-26)34(33-30)25-12-10-24(11-13-25)31-29(35)23-8-7-20-5-3-4-6-21(20)15-23/h3-16,19H,17-18H2,1-2H3,(H,31,35). The molecule has 1 N–H and O–H groups in total. The van der Waals surface area contributed by atoms with Gasteiger partial charge in [-0.3, -0.25) is 4.79 Å². The van der Waals surface area contributed by atoms with Crippen LogP contribution >= 0.6 is 0 Å². The second kappa shape index (κ2) is 9.89. The molecule has 1 aliphatic heterocycles. The number of nitrogens with zero attached hydrogens (tertiary/aromatic N) is 3. The molecule has 5 aromatic rings. The van der Waals surface area contributed by atoms with E-state index in [1.54, 1.807) is 4.68 Å². The van der Waals surface area contributed by atoms with Gasteiger partial charge in [-0.2, -0.15) is 4.98 Å². The number of nitrogens with one attached hydrogen (secondary N) is 1. The summed E-state index contributed by atoms with van der Waals surface area (Å²) in [7, 11) is 0. The van der Waals surface area contributed by atoms with Gasteiger partial charge in [0.2, 0.25) is 6.79 Å². The van der Waals surface area contributed by atoms with Crippen molar-refractivity contribution in [2.75, 3.05) is 18.7 Å². The van der Waals surface area contributed by atoms with Crippen LogP contribution in [0.4, 0.5) is 5.69 Å². The highest BCUT2D eigenvalue weighted by molar-refractivity contribution is 6.06. The third-order valence-corrected chi connectivity index (χ3v) is 6.15. The van der Waals surface area contributed by atoms with Crippen LogP contribution in [0.1, 0.15) is 24.2 Å². The highest BCUT2D eigenvalue weighted by Gasteiger charge is 2.20. The Labute approximate surface area is 219 Å². The molecule has 0 saturated heterocycles. The van der Waals surface area contributed by atoms with Crippen molar-refractivity contribution in [1.29, 1.82) is 0 Å². The fraction of sp³-hybridized carbons (Fsp3) is 0.167. The lowest BCUT2D eigenvalue weighted by atomic mass is 10.1. The van der Waals surface area contributed by atoms with E-state index < -0.39 is 0 Å². The molecule has 6 rings (SSSR count). The summed E-state index contributed by atoms with van der Waals surface area (Å²) in [6, 6.07) is 27.0. The van der Waals surface area contributed by atoms with E-state index in [4.69, 9.17) is 14.2 Å². The summed E-state index contributed by atoms with van der Waals surface area (Å²) in [4.78, 5) is 17.6. The third kappa shape index (κ3) is 4.76. The van der Waals surface area contributed by atoms with Gasteiger partial charge in [-0.25, -0.2) is 4.68 Å². The molecule has 0 aliphatic carbocycles. The van der Waals surface area contributed by atoms with E-state index in [0.29, 0.717) is 47.1 Å². The lowest BCUT2D eigenvalue weighted by Gasteiger charge is -2.09. The van der Waals surface area contributed by atoms with Crippen molar-refractivity contribution in [3.8, 4) is 34.6 Å². The maximum atomic E-state index is 12.9. The smallest absolute Gasteiger partial charge is 0.336 e. The zero-order valence-corrected chi connectivity index (χ0v) is 21.0. The molecular weight excluding hydrogens is 480 g/mol. The Hall–Kier alpha value is -4.85. The number of carbonyl (C=O) groups excluding carboxylic acids is 1. The fourth-order valence-electron chi connectivity index (χ4n) is 4.22. The maximum absolute atomic E-state index is 12.9. The number of hydrogen-bond acceptors (Lipinski definition) is 6. The van der Waals surface area contributed by atoms with Crippen molar-refractivity contribution >= 4 is 22.4 Å². The van der Waals surface area contributed by atoms with E-state index in [2.05, 4.69) is 29.2 Å². The molecule has 8 nitrogen and oxygen atoms in total. The van der Waals surface area contributed by atoms with E-state index in [1.165, 1.54) is 0 Å². The molecule has 0 saturated carbocycles. The average molecular weight is 507 g/mol. The van der Waals surface area contributed by atoms with Gasteiger partial charge in [0.05, 0.1) is 12.3 Å². The molecule has 1 aliphatic rings. The minimum Gasteiger partial charge on any atom is -0.462 e. The lowest BCUT2D eigenvalue weighted by Crippen LogP contribution is -2.12. The van der Waals surface area contributed by atoms with Crippen LogP contribution < -0.4 is 19.5 Å². The molecule has 8 heteroatoms. The molecule has 0 unspecified atom stereocenters. The Morgan fingerprint density at radius 3 is 2.55 bits per heavy atom. The third-order valence-electron chi connectivity index (χ3n) is 6.15. The summed E-state index contributed by atoms with van der Waals surface area (Å²) in [6.07, 6.45) is 0. The number of carbonyl (C=O) groups is 1. The largest absolute Gasteiger partial charge is 0.462 e. The number of rotatable bonds is 7. The molecule has 1 aromatic heterocycles. The molecular formula is C30H26N4O4. The van der Waals surface area contributed by atoms with Gasteiger partial charge < -0.3 is 19.5 Å². The topological polar surface area (TPSA) is 87.5 Å². The summed E-state index contributed by atoms with van der Waals surface area (Å²) in [5, 5.41) is 9.70. The van der Waals surface area contributed by atoms with E-state index >= 15 is 0 Å². The van der Waals surface area contributed by atoms with E-state index in [1.807, 2.05) is 84.9 Å². The molecule has 2 heterocycles. The first-order valence-corrected chi connectivity index (χ1v) is 12.4. The van der Waals surface area contributed by atoms with Gasteiger partial charge in [0.1, 0.15) is 0 Å². The summed E-state index contributed by atoms with van der Waals surface area (Å²) in [5.41, 5.74) is 2.86. The van der Waals surface area contributed by atoms with Gasteiger partial charge in [-0.1, -0.05) is 44.2 Å². The van der Waals surface area contributed by atoms with Gasteiger partial charge in [0.15, 0.2) is 17.3 Å². The zero-order chi connectivity index (χ0) is 26.1. The van der Waals surface area contributed by atoms with Crippen molar-refractivity contribution in [3.05, 3.63) is 90.5 Å². The van der Waals surface area contributed by atoms with E-state index in [-0.39, 0.29) is 12.7 Å². The van der Waals surface area contributed by atoms with Crippen molar-refractivity contribution in [3.63, 3.8) is 0 Å². The first kappa shape index (κ1) is 23.5. The van der Waals surface area contributed by atoms with Crippen LogP contribution in [0.5, 0.6) is 17.5 Å². The Kier molecular flexibility index (Phi) is 6.13. The first-order valence-electron chi connectivity index (χ1n) is 12.4. The minimum atomic E-state index is -0.172. The van der Waals surface area contributed by atoms with Crippen LogP contribution in [-0.4, -0.2) is 34.1 Å². The van der Waals surface area contributed by atoms with E-state index in [0.717, 1.165) is 22.0 Å². The predicted molar refractivity (Wildman–Crippen MR) is 145 cm³/mol. The average Bonchev–Trinajstić information content (AvgIpc) is 3.59. The molecule has 4 aromatic carbocycles. The Morgan fingerprint density at radius 2 is 1.74 bits per heavy atom. The van der Waals surface area contributed by atoms with Gasteiger partial charge in [-0.15, -0.1) is 5.10 Å². The van der Waals surface area contributed by atoms with Crippen LogP contribution in [0.2, 0.25) is 0 Å².